The number of likely N-dealkylation sites (N-methyl/N-ethyl adjacent to an activating group) is 1. The minimum Gasteiger partial charge on any atom is -0.496 e. The van der Waals surface area contributed by atoms with Gasteiger partial charge in [0.1, 0.15) is 11.4 Å². The van der Waals surface area contributed by atoms with Crippen molar-refractivity contribution in [3.63, 3.8) is 0 Å². The van der Waals surface area contributed by atoms with Gasteiger partial charge in [-0.15, -0.1) is 0 Å². The Hall–Kier alpha value is -3.61. The van der Waals surface area contributed by atoms with Gasteiger partial charge in [0.05, 0.1) is 12.7 Å². The van der Waals surface area contributed by atoms with Crippen LogP contribution in [-0.4, -0.2) is 53.0 Å². The number of benzene rings is 1. The zero-order chi connectivity index (χ0) is 22.2. The van der Waals surface area contributed by atoms with Crippen molar-refractivity contribution >= 4 is 11.8 Å². The number of rotatable bonds is 9. The van der Waals surface area contributed by atoms with Crippen molar-refractivity contribution in [2.24, 2.45) is 7.05 Å². The normalized spacial score (nSPS) is 11.6. The fourth-order valence-electron chi connectivity index (χ4n) is 3.53. The Bertz CT molecular complexity index is 1020. The maximum Gasteiger partial charge on any atom is 0.267 e. The molecule has 31 heavy (non-hydrogen) atoms. The van der Waals surface area contributed by atoms with Crippen LogP contribution in [0, 0.1) is 0 Å². The second-order valence-electron chi connectivity index (χ2n) is 7.38. The molecule has 1 aromatic carbocycles. The SMILES string of the molecule is COc1ccncc1C(=O)N(C)[C@H](CCNC(=O)c1cccn1C)Cc1ccccc1. The van der Waals surface area contributed by atoms with E-state index in [2.05, 4.69) is 10.3 Å². The number of hydrogen-bond donors (Lipinski definition) is 1. The van der Waals surface area contributed by atoms with Crippen LogP contribution in [0.15, 0.2) is 67.1 Å². The molecule has 1 atom stereocenters. The lowest BCUT2D eigenvalue weighted by Gasteiger charge is -2.29. The van der Waals surface area contributed by atoms with Crippen molar-refractivity contribution in [1.29, 1.82) is 0 Å². The number of nitrogens with one attached hydrogen (secondary N) is 1. The first-order valence-electron chi connectivity index (χ1n) is 10.2. The quantitative estimate of drug-likeness (QED) is 0.578. The molecule has 0 aliphatic heterocycles. The molecule has 7 nitrogen and oxygen atoms in total. The van der Waals surface area contributed by atoms with E-state index < -0.39 is 0 Å². The Kier molecular flexibility index (Phi) is 7.43. The second-order valence-corrected chi connectivity index (χ2v) is 7.38. The number of amides is 2. The summed E-state index contributed by atoms with van der Waals surface area (Å²) >= 11 is 0. The van der Waals surface area contributed by atoms with E-state index >= 15 is 0 Å². The highest BCUT2D eigenvalue weighted by Crippen LogP contribution is 2.20. The lowest BCUT2D eigenvalue weighted by atomic mass is 10.0. The highest BCUT2D eigenvalue weighted by molar-refractivity contribution is 5.96. The van der Waals surface area contributed by atoms with Gasteiger partial charge in [-0.1, -0.05) is 30.3 Å². The van der Waals surface area contributed by atoms with Crippen molar-refractivity contribution in [2.75, 3.05) is 20.7 Å². The maximum atomic E-state index is 13.2. The number of nitrogens with zero attached hydrogens (tertiary/aromatic N) is 3. The van der Waals surface area contributed by atoms with E-state index in [0.29, 0.717) is 36.4 Å². The smallest absolute Gasteiger partial charge is 0.267 e. The van der Waals surface area contributed by atoms with Gasteiger partial charge in [0.15, 0.2) is 0 Å². The summed E-state index contributed by atoms with van der Waals surface area (Å²) in [6.45, 7) is 0.448. The average Bonchev–Trinajstić information content (AvgIpc) is 3.24. The van der Waals surface area contributed by atoms with E-state index in [1.165, 1.54) is 13.3 Å². The molecule has 0 unspecified atom stereocenters. The number of aryl methyl sites for hydroxylation is 1. The first-order valence-corrected chi connectivity index (χ1v) is 10.2. The molecule has 0 saturated carbocycles. The van der Waals surface area contributed by atoms with Crippen LogP contribution < -0.4 is 10.1 Å². The molecule has 0 aliphatic rings. The van der Waals surface area contributed by atoms with Gasteiger partial charge >= 0.3 is 0 Å². The monoisotopic (exact) mass is 420 g/mol. The molecule has 0 aliphatic carbocycles. The molecular formula is C24H28N4O3. The van der Waals surface area contributed by atoms with E-state index in [1.54, 1.807) is 34.8 Å². The Labute approximate surface area is 182 Å². The molecular weight excluding hydrogens is 392 g/mol. The third-order valence-corrected chi connectivity index (χ3v) is 5.35. The van der Waals surface area contributed by atoms with Crippen LogP contribution in [0.4, 0.5) is 0 Å². The molecule has 3 rings (SSSR count). The summed E-state index contributed by atoms with van der Waals surface area (Å²) in [5, 5.41) is 2.96. The predicted octanol–water partition coefficient (Wildman–Crippen LogP) is 2.93. The minimum absolute atomic E-state index is 0.117. The van der Waals surface area contributed by atoms with E-state index in [-0.39, 0.29) is 17.9 Å². The van der Waals surface area contributed by atoms with Crippen molar-refractivity contribution < 1.29 is 14.3 Å². The number of hydrogen-bond acceptors (Lipinski definition) is 4. The van der Waals surface area contributed by atoms with Crippen molar-refractivity contribution in [3.8, 4) is 5.75 Å². The molecule has 0 saturated heterocycles. The number of pyridine rings is 1. The Morgan fingerprint density at radius 2 is 1.94 bits per heavy atom. The molecule has 162 valence electrons. The topological polar surface area (TPSA) is 76.5 Å². The van der Waals surface area contributed by atoms with Crippen LogP contribution in [0.2, 0.25) is 0 Å². The van der Waals surface area contributed by atoms with Gasteiger partial charge in [-0.3, -0.25) is 14.6 Å². The zero-order valence-corrected chi connectivity index (χ0v) is 18.1. The minimum atomic E-state index is -0.167. The van der Waals surface area contributed by atoms with Crippen LogP contribution in [-0.2, 0) is 13.5 Å². The third kappa shape index (κ3) is 5.51. The summed E-state index contributed by atoms with van der Waals surface area (Å²) in [5.41, 5.74) is 2.14. The molecule has 3 aromatic rings. The second kappa shape index (κ2) is 10.4. The molecule has 2 heterocycles. The number of aromatic nitrogens is 2. The van der Waals surface area contributed by atoms with E-state index in [0.717, 1.165) is 5.56 Å². The molecule has 2 aromatic heterocycles. The third-order valence-electron chi connectivity index (χ3n) is 5.35. The molecule has 0 bridgehead atoms. The Morgan fingerprint density at radius 1 is 1.16 bits per heavy atom. The summed E-state index contributed by atoms with van der Waals surface area (Å²) in [6, 6.07) is 15.2. The summed E-state index contributed by atoms with van der Waals surface area (Å²) in [4.78, 5) is 31.4. The lowest BCUT2D eigenvalue weighted by molar-refractivity contribution is 0.0719. The summed E-state index contributed by atoms with van der Waals surface area (Å²) in [5.74, 6) is 0.191. The number of carbonyl (C=O) groups excluding carboxylic acids is 2. The van der Waals surface area contributed by atoms with Crippen LogP contribution in [0.25, 0.3) is 0 Å². The van der Waals surface area contributed by atoms with E-state index in [4.69, 9.17) is 4.74 Å². The predicted molar refractivity (Wildman–Crippen MR) is 119 cm³/mol. The maximum absolute atomic E-state index is 13.2. The largest absolute Gasteiger partial charge is 0.496 e. The summed E-state index contributed by atoms with van der Waals surface area (Å²) in [6.07, 6.45) is 6.23. The van der Waals surface area contributed by atoms with E-state index in [1.807, 2.05) is 49.6 Å². The van der Waals surface area contributed by atoms with Gasteiger partial charge < -0.3 is 19.5 Å². The van der Waals surface area contributed by atoms with Crippen LogP contribution in [0.1, 0.15) is 32.8 Å². The molecule has 0 fully saturated rings. The fourth-order valence-corrected chi connectivity index (χ4v) is 3.53. The van der Waals surface area contributed by atoms with E-state index in [9.17, 15) is 9.59 Å². The van der Waals surface area contributed by atoms with Crippen LogP contribution in [0.5, 0.6) is 5.75 Å². The molecule has 0 radical (unpaired) electrons. The van der Waals surface area contributed by atoms with Gasteiger partial charge in [0.25, 0.3) is 11.8 Å². The van der Waals surface area contributed by atoms with Crippen LogP contribution in [0.3, 0.4) is 0 Å². The first kappa shape index (κ1) is 22.1. The van der Waals surface area contributed by atoms with Gasteiger partial charge in [-0.25, -0.2) is 0 Å². The lowest BCUT2D eigenvalue weighted by Crippen LogP contribution is -2.41. The van der Waals surface area contributed by atoms with Crippen molar-refractivity contribution in [2.45, 2.75) is 18.9 Å². The number of ether oxygens (including phenoxy) is 1. The molecule has 2 amide bonds. The van der Waals surface area contributed by atoms with Crippen molar-refractivity contribution in [3.05, 3.63) is 83.9 Å². The number of methoxy groups -OCH3 is 1. The highest BCUT2D eigenvalue weighted by Gasteiger charge is 2.24. The average molecular weight is 421 g/mol. The number of carbonyl (C=O) groups is 2. The molecule has 0 spiro atoms. The summed E-state index contributed by atoms with van der Waals surface area (Å²) in [7, 11) is 5.15. The standard InChI is InChI=1S/C24H28N4O3/c1-27-15-7-10-21(27)23(29)26-14-11-19(16-18-8-5-4-6-9-18)28(2)24(30)20-17-25-13-12-22(20)31-3/h4-10,12-13,15,17,19H,11,14,16H2,1-3H3,(H,26,29)/t19-/m1/s1. The van der Waals surface area contributed by atoms with Gasteiger partial charge in [-0.2, -0.15) is 0 Å². The Balaban J connectivity index is 1.73. The first-order chi connectivity index (χ1) is 15.0. The fraction of sp³-hybridized carbons (Fsp3) is 0.292. The van der Waals surface area contributed by atoms with Gasteiger partial charge in [-0.05, 0) is 36.6 Å². The molecule has 7 heteroatoms. The van der Waals surface area contributed by atoms with Gasteiger partial charge in [0, 0.05) is 45.3 Å². The summed E-state index contributed by atoms with van der Waals surface area (Å²) < 4.78 is 7.11. The van der Waals surface area contributed by atoms with Crippen LogP contribution >= 0.6 is 0 Å². The Morgan fingerprint density at radius 3 is 2.61 bits per heavy atom. The zero-order valence-electron chi connectivity index (χ0n) is 18.1. The van der Waals surface area contributed by atoms with Crippen molar-refractivity contribution in [1.82, 2.24) is 19.8 Å². The molecule has 1 N–H and O–H groups in total. The van der Waals surface area contributed by atoms with Gasteiger partial charge in [0.2, 0.25) is 0 Å². The highest BCUT2D eigenvalue weighted by atomic mass is 16.5.